The van der Waals surface area contributed by atoms with Crippen LogP contribution in [0.4, 0.5) is 0 Å². The molecule has 0 amide bonds. The number of hydrogen-bond donors (Lipinski definition) is 1. The molecule has 2 aromatic rings. The lowest BCUT2D eigenvalue weighted by Crippen LogP contribution is -2.14. The summed E-state index contributed by atoms with van der Waals surface area (Å²) in [7, 11) is 0. The van der Waals surface area contributed by atoms with Gasteiger partial charge in [0.25, 0.3) is 0 Å². The zero-order valence-corrected chi connectivity index (χ0v) is 13.3. The molecule has 100 valence electrons. The van der Waals surface area contributed by atoms with Gasteiger partial charge >= 0.3 is 0 Å². The Hall–Kier alpha value is -1.12. The van der Waals surface area contributed by atoms with Crippen molar-refractivity contribution in [2.24, 2.45) is 5.73 Å². The Morgan fingerprint density at radius 3 is 2.32 bits per heavy atom. The number of nitrogens with two attached hydrogens (primary N) is 1. The standard InChI is InChI=1S/C17H20BrN/c1-11-4-6-13(3)14(8-11)10-17(19)15-7-5-12(2)9-16(15)18/h4-9,17H,10,19H2,1-3H3. The van der Waals surface area contributed by atoms with Gasteiger partial charge in [-0.05, 0) is 55.5 Å². The van der Waals surface area contributed by atoms with Crippen LogP contribution >= 0.6 is 15.9 Å². The van der Waals surface area contributed by atoms with Gasteiger partial charge in [-0.1, -0.05) is 51.8 Å². The second kappa shape index (κ2) is 5.89. The van der Waals surface area contributed by atoms with Gasteiger partial charge in [0, 0.05) is 10.5 Å². The highest BCUT2D eigenvalue weighted by atomic mass is 79.9. The van der Waals surface area contributed by atoms with Gasteiger partial charge < -0.3 is 5.73 Å². The smallest absolute Gasteiger partial charge is 0.0347 e. The van der Waals surface area contributed by atoms with Crippen LogP contribution in [-0.4, -0.2) is 0 Å². The maximum Gasteiger partial charge on any atom is 0.0347 e. The molecule has 1 unspecified atom stereocenters. The maximum atomic E-state index is 6.37. The number of rotatable bonds is 3. The molecule has 2 heteroatoms. The molecule has 0 radical (unpaired) electrons. The molecule has 0 fully saturated rings. The first-order valence-corrected chi connectivity index (χ1v) is 7.34. The summed E-state index contributed by atoms with van der Waals surface area (Å²) in [6, 6.07) is 12.9. The number of benzene rings is 2. The predicted octanol–water partition coefficient (Wildman–Crippen LogP) is 4.62. The van der Waals surface area contributed by atoms with Gasteiger partial charge in [0.2, 0.25) is 0 Å². The van der Waals surface area contributed by atoms with Crippen molar-refractivity contribution in [1.29, 1.82) is 0 Å². The summed E-state index contributed by atoms with van der Waals surface area (Å²) in [5.41, 5.74) is 12.7. The Morgan fingerprint density at radius 1 is 1.00 bits per heavy atom. The minimum atomic E-state index is 0.0236. The zero-order chi connectivity index (χ0) is 14.0. The van der Waals surface area contributed by atoms with Crippen molar-refractivity contribution in [1.82, 2.24) is 0 Å². The molecular formula is C17H20BrN. The monoisotopic (exact) mass is 317 g/mol. The van der Waals surface area contributed by atoms with Crippen LogP contribution in [0.2, 0.25) is 0 Å². The second-order valence-electron chi connectivity index (χ2n) is 5.27. The van der Waals surface area contributed by atoms with E-state index in [-0.39, 0.29) is 6.04 Å². The van der Waals surface area contributed by atoms with E-state index in [0.717, 1.165) is 10.9 Å². The second-order valence-corrected chi connectivity index (χ2v) is 6.12. The van der Waals surface area contributed by atoms with E-state index < -0.39 is 0 Å². The largest absolute Gasteiger partial charge is 0.324 e. The molecule has 0 saturated heterocycles. The lowest BCUT2D eigenvalue weighted by molar-refractivity contribution is 0.714. The van der Waals surface area contributed by atoms with Crippen molar-refractivity contribution in [2.45, 2.75) is 33.2 Å². The Balaban J connectivity index is 2.25. The van der Waals surface area contributed by atoms with Crippen LogP contribution in [0.25, 0.3) is 0 Å². The van der Waals surface area contributed by atoms with Gasteiger partial charge in [0.05, 0.1) is 0 Å². The normalized spacial score (nSPS) is 12.5. The topological polar surface area (TPSA) is 26.0 Å². The third-order valence-electron chi connectivity index (χ3n) is 3.50. The minimum absolute atomic E-state index is 0.0236. The fourth-order valence-electron chi connectivity index (χ4n) is 2.30. The average molecular weight is 318 g/mol. The molecule has 0 aliphatic heterocycles. The van der Waals surface area contributed by atoms with Crippen LogP contribution in [0, 0.1) is 20.8 Å². The van der Waals surface area contributed by atoms with Crippen LogP contribution in [0.5, 0.6) is 0 Å². The van der Waals surface area contributed by atoms with E-state index in [9.17, 15) is 0 Å². The third kappa shape index (κ3) is 3.46. The van der Waals surface area contributed by atoms with Crippen molar-refractivity contribution in [2.75, 3.05) is 0 Å². The molecule has 0 aliphatic carbocycles. The lowest BCUT2D eigenvalue weighted by atomic mass is 9.95. The maximum absolute atomic E-state index is 6.37. The lowest BCUT2D eigenvalue weighted by Gasteiger charge is -2.16. The van der Waals surface area contributed by atoms with Gasteiger partial charge in [0.15, 0.2) is 0 Å². The quantitative estimate of drug-likeness (QED) is 0.878. The van der Waals surface area contributed by atoms with Gasteiger partial charge in [-0.2, -0.15) is 0 Å². The third-order valence-corrected chi connectivity index (χ3v) is 4.19. The van der Waals surface area contributed by atoms with E-state index in [4.69, 9.17) is 5.73 Å². The van der Waals surface area contributed by atoms with E-state index in [1.807, 2.05) is 0 Å². The molecule has 1 nitrogen and oxygen atoms in total. The number of aryl methyl sites for hydroxylation is 3. The Labute approximate surface area is 124 Å². The summed E-state index contributed by atoms with van der Waals surface area (Å²) < 4.78 is 1.10. The first-order chi connectivity index (χ1) is 8.97. The van der Waals surface area contributed by atoms with E-state index in [1.165, 1.54) is 27.8 Å². The van der Waals surface area contributed by atoms with E-state index >= 15 is 0 Å². The fourth-order valence-corrected chi connectivity index (χ4v) is 3.09. The molecule has 2 rings (SSSR count). The molecule has 0 aromatic heterocycles. The molecule has 2 aromatic carbocycles. The van der Waals surface area contributed by atoms with E-state index in [2.05, 4.69) is 73.1 Å². The summed E-state index contributed by atoms with van der Waals surface area (Å²) in [5, 5.41) is 0. The van der Waals surface area contributed by atoms with Gasteiger partial charge in [0.1, 0.15) is 0 Å². The molecule has 0 saturated carbocycles. The van der Waals surface area contributed by atoms with Crippen molar-refractivity contribution < 1.29 is 0 Å². The minimum Gasteiger partial charge on any atom is -0.324 e. The molecule has 2 N–H and O–H groups in total. The van der Waals surface area contributed by atoms with Gasteiger partial charge in [-0.15, -0.1) is 0 Å². The highest BCUT2D eigenvalue weighted by Crippen LogP contribution is 2.26. The van der Waals surface area contributed by atoms with Gasteiger partial charge in [-0.3, -0.25) is 0 Å². The molecular weight excluding hydrogens is 298 g/mol. The zero-order valence-electron chi connectivity index (χ0n) is 11.7. The van der Waals surface area contributed by atoms with Crippen molar-refractivity contribution in [3.05, 3.63) is 68.7 Å². The number of halogens is 1. The summed E-state index contributed by atoms with van der Waals surface area (Å²) in [5.74, 6) is 0. The summed E-state index contributed by atoms with van der Waals surface area (Å²) in [6.07, 6.45) is 0.870. The van der Waals surface area contributed by atoms with Crippen LogP contribution in [-0.2, 0) is 6.42 Å². The van der Waals surface area contributed by atoms with Gasteiger partial charge in [-0.25, -0.2) is 0 Å². The van der Waals surface area contributed by atoms with Crippen LogP contribution in [0.15, 0.2) is 40.9 Å². The average Bonchev–Trinajstić information content (AvgIpc) is 2.33. The Kier molecular flexibility index (Phi) is 4.43. The summed E-state index contributed by atoms with van der Waals surface area (Å²) in [4.78, 5) is 0. The molecule has 0 spiro atoms. The van der Waals surface area contributed by atoms with Crippen LogP contribution in [0.3, 0.4) is 0 Å². The first kappa shape index (κ1) is 14.3. The highest BCUT2D eigenvalue weighted by Gasteiger charge is 2.12. The van der Waals surface area contributed by atoms with E-state index in [1.54, 1.807) is 0 Å². The molecule has 1 atom stereocenters. The summed E-state index contributed by atoms with van der Waals surface area (Å²) >= 11 is 3.61. The van der Waals surface area contributed by atoms with E-state index in [0.29, 0.717) is 0 Å². The molecule has 0 aliphatic rings. The van der Waals surface area contributed by atoms with Crippen molar-refractivity contribution >= 4 is 15.9 Å². The SMILES string of the molecule is Cc1ccc(C(N)Cc2cc(C)ccc2C)c(Br)c1. The first-order valence-electron chi connectivity index (χ1n) is 6.55. The predicted molar refractivity (Wildman–Crippen MR) is 85.4 cm³/mol. The van der Waals surface area contributed by atoms with Crippen LogP contribution in [0.1, 0.15) is 33.9 Å². The van der Waals surface area contributed by atoms with Crippen molar-refractivity contribution in [3.63, 3.8) is 0 Å². The van der Waals surface area contributed by atoms with Crippen LogP contribution < -0.4 is 5.73 Å². The molecule has 0 bridgehead atoms. The molecule has 0 heterocycles. The number of hydrogen-bond acceptors (Lipinski definition) is 1. The highest BCUT2D eigenvalue weighted by molar-refractivity contribution is 9.10. The summed E-state index contributed by atoms with van der Waals surface area (Å²) in [6.45, 7) is 6.35. The Morgan fingerprint density at radius 2 is 1.63 bits per heavy atom. The Bertz CT molecular complexity index is 590. The molecule has 19 heavy (non-hydrogen) atoms. The fraction of sp³-hybridized carbons (Fsp3) is 0.294. The van der Waals surface area contributed by atoms with Crippen molar-refractivity contribution in [3.8, 4) is 0 Å².